The predicted molar refractivity (Wildman–Crippen MR) is 101 cm³/mol. The van der Waals surface area contributed by atoms with Gasteiger partial charge in [0.25, 0.3) is 0 Å². The molecule has 1 aromatic rings. The molecule has 2 saturated heterocycles. The molecular formula is C16H27Cl2N3OS. The number of hydrogen-bond donors (Lipinski definition) is 1. The number of nitrogens with one attached hydrogen (secondary N) is 1. The quantitative estimate of drug-likeness (QED) is 0.872. The summed E-state index contributed by atoms with van der Waals surface area (Å²) < 4.78 is 0. The minimum Gasteiger partial charge on any atom is -0.339 e. The fourth-order valence-corrected chi connectivity index (χ4v) is 4.16. The van der Waals surface area contributed by atoms with E-state index in [1.807, 2.05) is 16.2 Å². The molecule has 2 aliphatic rings. The van der Waals surface area contributed by atoms with E-state index in [0.29, 0.717) is 5.91 Å². The Morgan fingerprint density at radius 3 is 2.48 bits per heavy atom. The fourth-order valence-electron chi connectivity index (χ4n) is 3.16. The van der Waals surface area contributed by atoms with E-state index in [2.05, 4.69) is 29.3 Å². The lowest BCUT2D eigenvalue weighted by Gasteiger charge is -2.35. The third kappa shape index (κ3) is 5.33. The lowest BCUT2D eigenvalue weighted by molar-refractivity contribution is -0.134. The van der Waals surface area contributed by atoms with Crippen LogP contribution in [-0.4, -0.2) is 54.5 Å². The van der Waals surface area contributed by atoms with Gasteiger partial charge in [0.1, 0.15) is 0 Å². The highest BCUT2D eigenvalue weighted by Crippen LogP contribution is 2.20. The molecule has 1 amide bonds. The molecule has 23 heavy (non-hydrogen) atoms. The maximum absolute atomic E-state index is 12.4. The van der Waals surface area contributed by atoms with Crippen molar-refractivity contribution in [2.45, 2.75) is 38.8 Å². The summed E-state index contributed by atoms with van der Waals surface area (Å²) in [4.78, 5) is 19.8. The Morgan fingerprint density at radius 2 is 1.91 bits per heavy atom. The number of amides is 1. The van der Waals surface area contributed by atoms with Crippen molar-refractivity contribution in [1.29, 1.82) is 0 Å². The van der Waals surface area contributed by atoms with Gasteiger partial charge in [0, 0.05) is 42.5 Å². The second-order valence-corrected chi connectivity index (χ2v) is 7.22. The second-order valence-electron chi connectivity index (χ2n) is 5.97. The molecule has 0 bridgehead atoms. The average molecular weight is 380 g/mol. The zero-order valence-electron chi connectivity index (χ0n) is 13.6. The van der Waals surface area contributed by atoms with E-state index in [9.17, 15) is 4.79 Å². The first-order chi connectivity index (χ1) is 10.3. The number of piperazine rings is 1. The summed E-state index contributed by atoms with van der Waals surface area (Å²) in [5.41, 5.74) is 0. The monoisotopic (exact) mass is 379 g/mol. The van der Waals surface area contributed by atoms with Crippen LogP contribution in [0, 0.1) is 0 Å². The molecule has 0 saturated carbocycles. The number of aryl methyl sites for hydroxylation is 1. The Morgan fingerprint density at radius 1 is 1.22 bits per heavy atom. The first-order valence-electron chi connectivity index (χ1n) is 8.08. The molecule has 1 atom stereocenters. The van der Waals surface area contributed by atoms with Crippen molar-refractivity contribution >= 4 is 42.1 Å². The minimum atomic E-state index is 0. The molecule has 132 valence electrons. The fraction of sp³-hybridized carbons (Fsp3) is 0.688. The highest BCUT2D eigenvalue weighted by Gasteiger charge is 2.29. The molecule has 7 heteroatoms. The third-order valence-electron chi connectivity index (χ3n) is 4.49. The number of hydrogen-bond acceptors (Lipinski definition) is 4. The second kappa shape index (κ2) is 9.84. The number of rotatable bonds is 4. The van der Waals surface area contributed by atoms with Crippen LogP contribution in [0.5, 0.6) is 0 Å². The van der Waals surface area contributed by atoms with Crippen LogP contribution in [0.4, 0.5) is 0 Å². The maximum atomic E-state index is 12.4. The van der Waals surface area contributed by atoms with Crippen LogP contribution in [0.3, 0.4) is 0 Å². The smallest absolute Gasteiger partial charge is 0.239 e. The average Bonchev–Trinajstić information content (AvgIpc) is 3.19. The van der Waals surface area contributed by atoms with Gasteiger partial charge in [0.05, 0.1) is 6.04 Å². The Kier molecular flexibility index (Phi) is 8.86. The van der Waals surface area contributed by atoms with Crippen molar-refractivity contribution in [2.24, 2.45) is 0 Å². The van der Waals surface area contributed by atoms with Gasteiger partial charge in [-0.2, -0.15) is 0 Å². The summed E-state index contributed by atoms with van der Waals surface area (Å²) >= 11 is 1.92. The first kappa shape index (κ1) is 20.7. The topological polar surface area (TPSA) is 35.6 Å². The van der Waals surface area contributed by atoms with Crippen LogP contribution < -0.4 is 5.32 Å². The first-order valence-corrected chi connectivity index (χ1v) is 8.90. The largest absolute Gasteiger partial charge is 0.339 e. The number of nitrogens with zero attached hydrogens (tertiary/aromatic N) is 2. The summed E-state index contributed by atoms with van der Waals surface area (Å²) in [6.45, 7) is 7.99. The molecule has 0 radical (unpaired) electrons. The summed E-state index contributed by atoms with van der Waals surface area (Å²) in [5.74, 6) is 0.316. The van der Waals surface area contributed by atoms with Crippen LogP contribution in [0.1, 0.15) is 29.5 Å². The molecule has 0 spiro atoms. The molecule has 1 aromatic heterocycles. The lowest BCUT2D eigenvalue weighted by Crippen LogP contribution is -2.52. The summed E-state index contributed by atoms with van der Waals surface area (Å²) in [7, 11) is 0. The van der Waals surface area contributed by atoms with Gasteiger partial charge in [0.2, 0.25) is 5.91 Å². The zero-order valence-corrected chi connectivity index (χ0v) is 16.1. The van der Waals surface area contributed by atoms with E-state index in [4.69, 9.17) is 0 Å². The van der Waals surface area contributed by atoms with Gasteiger partial charge in [0.15, 0.2) is 0 Å². The Labute approximate surface area is 155 Å². The van der Waals surface area contributed by atoms with E-state index in [1.165, 1.54) is 9.75 Å². The maximum Gasteiger partial charge on any atom is 0.239 e. The van der Waals surface area contributed by atoms with Crippen molar-refractivity contribution < 1.29 is 4.79 Å². The molecule has 2 aliphatic heterocycles. The van der Waals surface area contributed by atoms with E-state index in [0.717, 1.165) is 58.5 Å². The highest BCUT2D eigenvalue weighted by atomic mass is 35.5. The van der Waals surface area contributed by atoms with Gasteiger partial charge >= 0.3 is 0 Å². The molecule has 1 N–H and O–H groups in total. The molecule has 2 fully saturated rings. The van der Waals surface area contributed by atoms with Crippen molar-refractivity contribution in [2.75, 3.05) is 32.7 Å². The van der Waals surface area contributed by atoms with Gasteiger partial charge in [-0.15, -0.1) is 36.2 Å². The Hall–Kier alpha value is -0.330. The minimum absolute atomic E-state index is 0. The van der Waals surface area contributed by atoms with Crippen LogP contribution in [0.2, 0.25) is 0 Å². The van der Waals surface area contributed by atoms with Crippen molar-refractivity contribution in [1.82, 2.24) is 15.1 Å². The standard InChI is InChI=1S/C16H25N3OS.2ClH/c1-2-13-5-6-14(21-13)12-18-8-10-19(11-9-18)16(20)15-4-3-7-17-15;;/h5-6,15,17H,2-4,7-12H2,1H3;2*1H. The number of halogens is 2. The third-order valence-corrected chi connectivity index (χ3v) is 5.70. The van der Waals surface area contributed by atoms with Gasteiger partial charge < -0.3 is 10.2 Å². The number of carbonyl (C=O) groups excluding carboxylic acids is 1. The van der Waals surface area contributed by atoms with Crippen LogP contribution in [0.15, 0.2) is 12.1 Å². The molecule has 1 unspecified atom stereocenters. The molecule has 3 rings (SSSR count). The van der Waals surface area contributed by atoms with Gasteiger partial charge in [-0.25, -0.2) is 0 Å². The predicted octanol–water partition coefficient (Wildman–Crippen LogP) is 2.55. The van der Waals surface area contributed by atoms with Gasteiger partial charge in [-0.3, -0.25) is 9.69 Å². The SMILES string of the molecule is CCc1ccc(CN2CCN(C(=O)C3CCCN3)CC2)s1.Cl.Cl. The Balaban J connectivity index is 0.00000132. The van der Waals surface area contributed by atoms with Crippen molar-refractivity contribution in [3.63, 3.8) is 0 Å². The van der Waals surface area contributed by atoms with Crippen LogP contribution in [-0.2, 0) is 17.8 Å². The molecule has 4 nitrogen and oxygen atoms in total. The number of thiophene rings is 1. The van der Waals surface area contributed by atoms with Crippen LogP contribution in [0.25, 0.3) is 0 Å². The normalized spacial score (nSPS) is 21.6. The van der Waals surface area contributed by atoms with E-state index >= 15 is 0 Å². The summed E-state index contributed by atoms with van der Waals surface area (Å²) in [6, 6.07) is 4.58. The molecule has 0 aromatic carbocycles. The summed E-state index contributed by atoms with van der Waals surface area (Å²) in [5, 5.41) is 3.31. The molecule has 3 heterocycles. The van der Waals surface area contributed by atoms with Gasteiger partial charge in [-0.05, 0) is 37.9 Å². The molecule has 0 aliphatic carbocycles. The van der Waals surface area contributed by atoms with Gasteiger partial charge in [-0.1, -0.05) is 6.92 Å². The Bertz CT molecular complexity index is 483. The van der Waals surface area contributed by atoms with E-state index in [-0.39, 0.29) is 30.9 Å². The molecular weight excluding hydrogens is 353 g/mol. The van der Waals surface area contributed by atoms with Crippen molar-refractivity contribution in [3.8, 4) is 0 Å². The number of carbonyl (C=O) groups is 1. The lowest BCUT2D eigenvalue weighted by atomic mass is 10.2. The highest BCUT2D eigenvalue weighted by molar-refractivity contribution is 7.11. The zero-order chi connectivity index (χ0) is 14.7. The van der Waals surface area contributed by atoms with Crippen molar-refractivity contribution in [3.05, 3.63) is 21.9 Å². The van der Waals surface area contributed by atoms with E-state index in [1.54, 1.807) is 0 Å². The van der Waals surface area contributed by atoms with Crippen LogP contribution >= 0.6 is 36.2 Å². The summed E-state index contributed by atoms with van der Waals surface area (Å²) in [6.07, 6.45) is 3.27. The van der Waals surface area contributed by atoms with E-state index < -0.39 is 0 Å².